The zero-order valence-electron chi connectivity index (χ0n) is 15.7. The maximum absolute atomic E-state index is 13.0. The summed E-state index contributed by atoms with van der Waals surface area (Å²) in [5, 5.41) is 0. The van der Waals surface area contributed by atoms with Gasteiger partial charge in [0, 0.05) is 51.5 Å². The maximum atomic E-state index is 13.0. The van der Waals surface area contributed by atoms with Gasteiger partial charge in [0.05, 0.1) is 5.75 Å². The number of rotatable bonds is 7. The smallest absolute Gasteiger partial charge is 0.218 e. The fraction of sp³-hybridized carbons (Fsp3) is 0.684. The van der Waals surface area contributed by atoms with Gasteiger partial charge in [0.1, 0.15) is 5.82 Å². The summed E-state index contributed by atoms with van der Waals surface area (Å²) in [6.45, 7) is 4.09. The molecule has 0 bridgehead atoms. The van der Waals surface area contributed by atoms with Crippen LogP contribution in [0.4, 0.5) is 4.39 Å². The van der Waals surface area contributed by atoms with Gasteiger partial charge in [-0.05, 0) is 43.4 Å². The predicted molar refractivity (Wildman–Crippen MR) is 103 cm³/mol. The highest BCUT2D eigenvalue weighted by Crippen LogP contribution is 2.25. The van der Waals surface area contributed by atoms with Gasteiger partial charge < -0.3 is 10.5 Å². The van der Waals surface area contributed by atoms with E-state index < -0.39 is 10.0 Å². The van der Waals surface area contributed by atoms with Crippen molar-refractivity contribution in [3.63, 3.8) is 0 Å². The van der Waals surface area contributed by atoms with Crippen molar-refractivity contribution in [2.24, 2.45) is 5.73 Å². The predicted octanol–water partition coefficient (Wildman–Crippen LogP) is 1.56. The van der Waals surface area contributed by atoms with E-state index in [1.165, 1.54) is 24.3 Å². The first-order chi connectivity index (χ1) is 13.0. The van der Waals surface area contributed by atoms with Crippen LogP contribution in [0.1, 0.15) is 31.2 Å². The number of nitrogens with zero attached hydrogens (tertiary/aromatic N) is 2. The highest BCUT2D eigenvalue weighted by Gasteiger charge is 2.33. The molecule has 0 atom stereocenters. The average molecular weight is 400 g/mol. The molecule has 3 rings (SSSR count). The van der Waals surface area contributed by atoms with E-state index in [0.717, 1.165) is 45.4 Å². The number of hydrogen-bond acceptors (Lipinski definition) is 5. The summed E-state index contributed by atoms with van der Waals surface area (Å²) in [5.41, 5.74) is 6.45. The summed E-state index contributed by atoms with van der Waals surface area (Å²) in [4.78, 5) is 2.48. The number of piperidine rings is 1. The molecule has 0 saturated carbocycles. The number of benzene rings is 1. The Morgan fingerprint density at radius 3 is 2.26 bits per heavy atom. The molecule has 1 aromatic rings. The van der Waals surface area contributed by atoms with E-state index in [0.29, 0.717) is 37.3 Å². The Morgan fingerprint density at radius 1 is 1.07 bits per heavy atom. The summed E-state index contributed by atoms with van der Waals surface area (Å²) in [6, 6.07) is 6.52. The second-order valence-corrected chi connectivity index (χ2v) is 9.35. The molecule has 0 aromatic heterocycles. The first-order valence-corrected chi connectivity index (χ1v) is 11.4. The summed E-state index contributed by atoms with van der Waals surface area (Å²) < 4.78 is 45.5. The average Bonchev–Trinajstić information content (AvgIpc) is 2.68. The van der Waals surface area contributed by atoms with Crippen molar-refractivity contribution in [2.45, 2.75) is 43.5 Å². The van der Waals surface area contributed by atoms with Crippen LogP contribution in [-0.2, 0) is 20.5 Å². The topological polar surface area (TPSA) is 75.9 Å². The summed E-state index contributed by atoms with van der Waals surface area (Å²) in [6.07, 6.45) is 3.67. The van der Waals surface area contributed by atoms with E-state index in [1.54, 1.807) is 4.31 Å². The van der Waals surface area contributed by atoms with Crippen LogP contribution in [0.5, 0.6) is 0 Å². The lowest BCUT2D eigenvalue weighted by Crippen LogP contribution is -2.52. The van der Waals surface area contributed by atoms with Crippen molar-refractivity contribution in [2.75, 3.05) is 39.4 Å². The molecule has 6 nitrogen and oxygen atoms in total. The van der Waals surface area contributed by atoms with Gasteiger partial charge in [0.2, 0.25) is 10.0 Å². The fourth-order valence-electron chi connectivity index (χ4n) is 4.16. The molecule has 2 N–H and O–H groups in total. The molecule has 2 heterocycles. The van der Waals surface area contributed by atoms with E-state index in [4.69, 9.17) is 10.5 Å². The van der Waals surface area contributed by atoms with Gasteiger partial charge in [-0.15, -0.1) is 0 Å². The van der Waals surface area contributed by atoms with Gasteiger partial charge in [0.25, 0.3) is 0 Å². The second kappa shape index (κ2) is 9.43. The van der Waals surface area contributed by atoms with Crippen LogP contribution in [0, 0.1) is 5.82 Å². The van der Waals surface area contributed by atoms with Gasteiger partial charge in [0.15, 0.2) is 0 Å². The number of hydrogen-bond donors (Lipinski definition) is 1. The minimum absolute atomic E-state index is 0.0789. The van der Waals surface area contributed by atoms with E-state index in [1.807, 2.05) is 0 Å². The zero-order chi connectivity index (χ0) is 19.3. The summed E-state index contributed by atoms with van der Waals surface area (Å²) >= 11 is 0. The number of sulfonamides is 1. The lowest BCUT2D eigenvalue weighted by atomic mass is 9.99. The third kappa shape index (κ3) is 5.48. The normalized spacial score (nSPS) is 21.0. The minimum atomic E-state index is -3.39. The molecule has 0 spiro atoms. The molecule has 2 aliphatic heterocycles. The number of halogens is 1. The molecule has 2 aliphatic rings. The molecule has 27 heavy (non-hydrogen) atoms. The molecular weight excluding hydrogens is 369 g/mol. The van der Waals surface area contributed by atoms with Crippen molar-refractivity contribution in [3.8, 4) is 0 Å². The third-order valence-corrected chi connectivity index (χ3v) is 7.45. The van der Waals surface area contributed by atoms with Gasteiger partial charge in [-0.2, -0.15) is 0 Å². The Hall–Kier alpha value is -1.06. The molecule has 1 aromatic carbocycles. The minimum Gasteiger partial charge on any atom is -0.381 e. The van der Waals surface area contributed by atoms with Gasteiger partial charge in [-0.25, -0.2) is 17.1 Å². The molecule has 0 aliphatic carbocycles. The standard InChI is InChI=1S/C19H30FN3O3S/c20-17-3-1-16(2-4-17)15-27(24,25)22-10-5-18(6-11-22)23(12-9-21)19-7-13-26-14-8-19/h1-4,18-19H,5-15,21H2. The van der Waals surface area contributed by atoms with Crippen molar-refractivity contribution in [1.29, 1.82) is 0 Å². The summed E-state index contributed by atoms with van der Waals surface area (Å²) in [7, 11) is -3.39. The second-order valence-electron chi connectivity index (χ2n) is 7.38. The highest BCUT2D eigenvalue weighted by atomic mass is 32.2. The van der Waals surface area contributed by atoms with E-state index in [-0.39, 0.29) is 11.6 Å². The van der Waals surface area contributed by atoms with Crippen LogP contribution >= 0.6 is 0 Å². The zero-order valence-corrected chi connectivity index (χ0v) is 16.5. The van der Waals surface area contributed by atoms with Crippen molar-refractivity contribution < 1.29 is 17.5 Å². The van der Waals surface area contributed by atoms with Crippen LogP contribution in [0.2, 0.25) is 0 Å². The molecule has 2 saturated heterocycles. The SMILES string of the molecule is NCCN(C1CCOCC1)C1CCN(S(=O)(=O)Cc2ccc(F)cc2)CC1. The molecule has 0 amide bonds. The first kappa shape index (κ1) is 20.7. The van der Waals surface area contributed by atoms with Crippen LogP contribution < -0.4 is 5.73 Å². The van der Waals surface area contributed by atoms with Crippen molar-refractivity contribution in [1.82, 2.24) is 9.21 Å². The lowest BCUT2D eigenvalue weighted by molar-refractivity contribution is 0.00838. The van der Waals surface area contributed by atoms with Crippen LogP contribution in [0.3, 0.4) is 0 Å². The lowest BCUT2D eigenvalue weighted by Gasteiger charge is -2.43. The Bertz CT molecular complexity index is 685. The maximum Gasteiger partial charge on any atom is 0.218 e. The summed E-state index contributed by atoms with van der Waals surface area (Å²) in [5.74, 6) is -0.435. The Labute approximate surface area is 161 Å². The Morgan fingerprint density at radius 2 is 1.67 bits per heavy atom. The van der Waals surface area contributed by atoms with E-state index >= 15 is 0 Å². The third-order valence-electron chi connectivity index (χ3n) is 5.60. The van der Waals surface area contributed by atoms with Gasteiger partial charge in [-0.3, -0.25) is 4.90 Å². The van der Waals surface area contributed by atoms with Gasteiger partial charge in [-0.1, -0.05) is 12.1 Å². The highest BCUT2D eigenvalue weighted by molar-refractivity contribution is 7.88. The number of nitrogens with two attached hydrogens (primary N) is 1. The molecule has 152 valence electrons. The number of ether oxygens (including phenoxy) is 1. The van der Waals surface area contributed by atoms with Crippen molar-refractivity contribution in [3.05, 3.63) is 35.6 Å². The van der Waals surface area contributed by atoms with Crippen LogP contribution in [0.15, 0.2) is 24.3 Å². The van der Waals surface area contributed by atoms with Crippen molar-refractivity contribution >= 4 is 10.0 Å². The van der Waals surface area contributed by atoms with E-state index in [9.17, 15) is 12.8 Å². The van der Waals surface area contributed by atoms with E-state index in [2.05, 4.69) is 4.90 Å². The Balaban J connectivity index is 1.58. The Kier molecular flexibility index (Phi) is 7.22. The van der Waals surface area contributed by atoms with Crippen LogP contribution in [0.25, 0.3) is 0 Å². The van der Waals surface area contributed by atoms with Crippen LogP contribution in [-0.4, -0.2) is 69.1 Å². The largest absolute Gasteiger partial charge is 0.381 e. The molecule has 8 heteroatoms. The van der Waals surface area contributed by atoms with Gasteiger partial charge >= 0.3 is 0 Å². The molecule has 0 unspecified atom stereocenters. The molecular formula is C19H30FN3O3S. The monoisotopic (exact) mass is 399 g/mol. The quantitative estimate of drug-likeness (QED) is 0.753. The molecule has 2 fully saturated rings. The molecule has 0 radical (unpaired) electrons. The fourth-order valence-corrected chi connectivity index (χ4v) is 5.73. The first-order valence-electron chi connectivity index (χ1n) is 9.75.